The van der Waals surface area contributed by atoms with Gasteiger partial charge in [-0.2, -0.15) is 0 Å². The summed E-state index contributed by atoms with van der Waals surface area (Å²) < 4.78 is 6.77. The molecule has 0 aromatic heterocycles. The monoisotopic (exact) mass is 498 g/mol. The Morgan fingerprint density at radius 2 is 2.05 bits per heavy atom. The Morgan fingerprint density at radius 1 is 1.22 bits per heavy atom. The van der Waals surface area contributed by atoms with Crippen LogP contribution in [0.25, 0.3) is 6.08 Å². The molecule has 0 radical (unpaired) electrons. The van der Waals surface area contributed by atoms with E-state index in [-0.39, 0.29) is 29.2 Å². The summed E-state index contributed by atoms with van der Waals surface area (Å²) in [5.41, 5.74) is 5.97. The number of ether oxygens (including phenoxy) is 1. The van der Waals surface area contributed by atoms with Crippen LogP contribution in [0.5, 0.6) is 11.5 Å². The van der Waals surface area contributed by atoms with E-state index < -0.39 is 0 Å². The highest BCUT2D eigenvalue weighted by molar-refractivity contribution is 5.92. The Labute approximate surface area is 220 Å². The topological polar surface area (TPSA) is 53.0 Å². The van der Waals surface area contributed by atoms with E-state index in [1.807, 2.05) is 36.2 Å². The van der Waals surface area contributed by atoms with Gasteiger partial charge in [0.1, 0.15) is 6.10 Å². The fourth-order valence-corrected chi connectivity index (χ4v) is 8.34. The fraction of sp³-hybridized carbons (Fsp3) is 0.531. The number of amides is 1. The Balaban J connectivity index is 1.24. The first-order valence-corrected chi connectivity index (χ1v) is 14.1. The highest BCUT2D eigenvalue weighted by atomic mass is 16.5. The van der Waals surface area contributed by atoms with Crippen molar-refractivity contribution in [2.45, 2.75) is 76.0 Å². The fourth-order valence-electron chi connectivity index (χ4n) is 8.34. The summed E-state index contributed by atoms with van der Waals surface area (Å²) in [7, 11) is 1.94. The van der Waals surface area contributed by atoms with Gasteiger partial charge in [0.05, 0.1) is 6.04 Å². The van der Waals surface area contributed by atoms with E-state index in [9.17, 15) is 9.90 Å². The standard InChI is InChI=1S/C32H38N2O3/c1-19-5-4-6-21(15-19)9-12-28(36)33(3)25-11-10-24-26-17-23-20(2)16-27(35)30-29(23)32(24,31(25)37-30)13-14-34(26)18-22-7-8-22/h4-6,9,12,15-16,22,24-26,31,35H,7-8,10-11,13-14,17-18H2,1-3H3/t24-,25-,26+,31-,32-/m0/s1. The van der Waals surface area contributed by atoms with E-state index in [0.29, 0.717) is 17.7 Å². The molecule has 5 atom stereocenters. The Hall–Kier alpha value is -2.79. The summed E-state index contributed by atoms with van der Waals surface area (Å²) in [5.74, 6) is 2.38. The third-order valence-corrected chi connectivity index (χ3v) is 10.2. The number of aromatic hydroxyl groups is 1. The molecule has 37 heavy (non-hydrogen) atoms. The molecule has 2 bridgehead atoms. The lowest BCUT2D eigenvalue weighted by molar-refractivity contribution is -0.135. The second-order valence-corrected chi connectivity index (χ2v) is 12.4. The largest absolute Gasteiger partial charge is 0.504 e. The molecule has 1 spiro atoms. The molecule has 0 unspecified atom stereocenters. The zero-order valence-electron chi connectivity index (χ0n) is 22.2. The van der Waals surface area contributed by atoms with Gasteiger partial charge < -0.3 is 14.7 Å². The summed E-state index contributed by atoms with van der Waals surface area (Å²) in [5, 5.41) is 11.0. The van der Waals surface area contributed by atoms with E-state index >= 15 is 0 Å². The van der Waals surface area contributed by atoms with Gasteiger partial charge in [0.15, 0.2) is 11.5 Å². The molecule has 2 heterocycles. The number of hydrogen-bond acceptors (Lipinski definition) is 4. The molecular weight excluding hydrogens is 460 g/mol. The smallest absolute Gasteiger partial charge is 0.246 e. The van der Waals surface area contributed by atoms with E-state index in [1.165, 1.54) is 41.6 Å². The normalized spacial score (nSPS) is 31.8. The number of aryl methyl sites for hydroxylation is 2. The summed E-state index contributed by atoms with van der Waals surface area (Å²) >= 11 is 0. The SMILES string of the molecule is Cc1cccc(C=CC(=O)N(C)[C@H]2CC[C@H]3[C@H]4Cc5c(C)cc(O)c6c5[C@@]3(CCN4CC3CC3)[C@H]2O6)c1. The molecule has 194 valence electrons. The van der Waals surface area contributed by atoms with Gasteiger partial charge in [-0.25, -0.2) is 0 Å². The summed E-state index contributed by atoms with van der Waals surface area (Å²) in [6.45, 7) is 6.53. The molecule has 1 saturated heterocycles. The summed E-state index contributed by atoms with van der Waals surface area (Å²) in [6, 6.07) is 10.6. The van der Waals surface area contributed by atoms with Crippen LogP contribution in [0.3, 0.4) is 0 Å². The molecule has 1 N–H and O–H groups in total. The van der Waals surface area contributed by atoms with E-state index in [0.717, 1.165) is 43.7 Å². The average molecular weight is 499 g/mol. The average Bonchev–Trinajstić information content (AvgIpc) is 3.63. The quantitative estimate of drug-likeness (QED) is 0.590. The van der Waals surface area contributed by atoms with Crippen molar-refractivity contribution in [2.75, 3.05) is 20.1 Å². The Kier molecular flexibility index (Phi) is 5.27. The number of piperidine rings is 1. The molecule has 5 heteroatoms. The minimum Gasteiger partial charge on any atom is -0.504 e. The van der Waals surface area contributed by atoms with Crippen LogP contribution in [0.2, 0.25) is 0 Å². The van der Waals surface area contributed by atoms with Crippen molar-refractivity contribution in [3.8, 4) is 11.5 Å². The predicted molar refractivity (Wildman–Crippen MR) is 145 cm³/mol. The maximum Gasteiger partial charge on any atom is 0.246 e. The maximum absolute atomic E-state index is 13.4. The van der Waals surface area contributed by atoms with E-state index in [4.69, 9.17) is 4.74 Å². The van der Waals surface area contributed by atoms with Crippen LogP contribution in [0.15, 0.2) is 36.4 Å². The summed E-state index contributed by atoms with van der Waals surface area (Å²) in [6.07, 6.45) is 10.4. The van der Waals surface area contributed by atoms with Crippen molar-refractivity contribution in [1.29, 1.82) is 0 Å². The molecule has 2 aromatic carbocycles. The second-order valence-electron chi connectivity index (χ2n) is 12.4. The highest BCUT2D eigenvalue weighted by Gasteiger charge is 2.66. The number of likely N-dealkylation sites (N-methyl/N-ethyl adjacent to an activating group) is 1. The molecule has 5 aliphatic rings. The molecule has 1 amide bonds. The molecule has 7 rings (SSSR count). The van der Waals surface area contributed by atoms with Crippen molar-refractivity contribution in [3.05, 3.63) is 64.2 Å². The van der Waals surface area contributed by atoms with Crippen molar-refractivity contribution in [2.24, 2.45) is 11.8 Å². The number of carbonyl (C=O) groups excluding carboxylic acids is 1. The van der Waals surface area contributed by atoms with Gasteiger partial charge in [0.25, 0.3) is 0 Å². The highest BCUT2D eigenvalue weighted by Crippen LogP contribution is 2.64. The number of phenols is 1. The van der Waals surface area contributed by atoms with E-state index in [2.05, 4.69) is 30.9 Å². The lowest BCUT2D eigenvalue weighted by Gasteiger charge is -2.60. The maximum atomic E-state index is 13.4. The van der Waals surface area contributed by atoms with Crippen molar-refractivity contribution >= 4 is 12.0 Å². The first-order chi connectivity index (χ1) is 17.9. The molecule has 5 nitrogen and oxygen atoms in total. The van der Waals surface area contributed by atoms with Gasteiger partial charge >= 0.3 is 0 Å². The third-order valence-electron chi connectivity index (χ3n) is 10.2. The number of nitrogens with zero attached hydrogens (tertiary/aromatic N) is 2. The third kappa shape index (κ3) is 3.49. The van der Waals surface area contributed by atoms with Gasteiger partial charge in [-0.05, 0) is 99.6 Å². The van der Waals surface area contributed by atoms with Gasteiger partial charge in [-0.15, -0.1) is 0 Å². The first-order valence-electron chi connectivity index (χ1n) is 14.1. The second kappa shape index (κ2) is 8.36. The van der Waals surface area contributed by atoms with E-state index in [1.54, 1.807) is 6.08 Å². The number of carbonyl (C=O) groups is 1. The zero-order valence-corrected chi connectivity index (χ0v) is 22.2. The number of phenolic OH excluding ortho intramolecular Hbond substituents is 1. The number of likely N-dealkylation sites (tertiary alicyclic amines) is 1. The Bertz CT molecular complexity index is 1300. The van der Waals surface area contributed by atoms with Crippen molar-refractivity contribution in [1.82, 2.24) is 9.80 Å². The molecule has 2 aliphatic heterocycles. The van der Waals surface area contributed by atoms with Crippen LogP contribution in [0.1, 0.15) is 59.9 Å². The zero-order chi connectivity index (χ0) is 25.5. The van der Waals surface area contributed by atoms with Crippen LogP contribution in [0.4, 0.5) is 0 Å². The van der Waals surface area contributed by atoms with Gasteiger partial charge in [-0.1, -0.05) is 29.8 Å². The van der Waals surface area contributed by atoms with Gasteiger partial charge in [0.2, 0.25) is 5.91 Å². The Morgan fingerprint density at radius 3 is 2.84 bits per heavy atom. The van der Waals surface area contributed by atoms with Gasteiger partial charge in [0, 0.05) is 36.7 Å². The minimum atomic E-state index is -0.116. The predicted octanol–water partition coefficient (Wildman–Crippen LogP) is 5.00. The van der Waals surface area contributed by atoms with Crippen LogP contribution in [0, 0.1) is 25.7 Å². The number of rotatable bonds is 5. The van der Waals surface area contributed by atoms with Crippen LogP contribution in [-0.2, 0) is 16.6 Å². The molecule has 3 fully saturated rings. The summed E-state index contributed by atoms with van der Waals surface area (Å²) in [4.78, 5) is 18.1. The molecule has 2 saturated carbocycles. The number of benzene rings is 2. The van der Waals surface area contributed by atoms with Gasteiger partial charge in [-0.3, -0.25) is 9.69 Å². The molecule has 3 aliphatic carbocycles. The molecular formula is C32H38N2O3. The first kappa shape index (κ1) is 23.3. The molecule has 2 aromatic rings. The van der Waals surface area contributed by atoms with Crippen molar-refractivity contribution in [3.63, 3.8) is 0 Å². The van der Waals surface area contributed by atoms with Crippen LogP contribution in [-0.4, -0.2) is 59.1 Å². The van der Waals surface area contributed by atoms with Crippen LogP contribution >= 0.6 is 0 Å². The van der Waals surface area contributed by atoms with Crippen molar-refractivity contribution < 1.29 is 14.6 Å². The minimum absolute atomic E-state index is 0.0140. The lowest BCUT2D eigenvalue weighted by Crippen LogP contribution is -2.69. The number of hydrogen-bond donors (Lipinski definition) is 1. The lowest BCUT2D eigenvalue weighted by atomic mass is 9.50. The van der Waals surface area contributed by atoms with Crippen LogP contribution < -0.4 is 4.74 Å².